The van der Waals surface area contributed by atoms with Crippen molar-refractivity contribution in [2.24, 2.45) is 5.92 Å². The van der Waals surface area contributed by atoms with E-state index in [-0.39, 0.29) is 11.2 Å². The van der Waals surface area contributed by atoms with Crippen LogP contribution in [-0.2, 0) is 9.31 Å². The molecule has 0 spiro atoms. The Morgan fingerprint density at radius 3 is 2.33 bits per heavy atom. The minimum Gasteiger partial charge on any atom is -0.493 e. The molecule has 1 heterocycles. The molecule has 0 atom stereocenters. The Morgan fingerprint density at radius 1 is 1.19 bits per heavy atom. The SMILES string of the molecule is CC1(C)OB(c2ccc(OCC3CC3)cc2Cl)OC1(C)C. The Kier molecular flexibility index (Phi) is 3.75. The van der Waals surface area contributed by atoms with Crippen LogP contribution in [0.2, 0.25) is 5.02 Å². The summed E-state index contributed by atoms with van der Waals surface area (Å²) >= 11 is 6.39. The van der Waals surface area contributed by atoms with Crippen LogP contribution in [0.15, 0.2) is 18.2 Å². The molecule has 2 fully saturated rings. The summed E-state index contributed by atoms with van der Waals surface area (Å²) in [4.78, 5) is 0. The Morgan fingerprint density at radius 2 is 1.81 bits per heavy atom. The third kappa shape index (κ3) is 3.08. The van der Waals surface area contributed by atoms with Gasteiger partial charge in [-0.3, -0.25) is 0 Å². The van der Waals surface area contributed by atoms with Gasteiger partial charge in [-0.25, -0.2) is 0 Å². The van der Waals surface area contributed by atoms with Gasteiger partial charge in [0.05, 0.1) is 17.8 Å². The summed E-state index contributed by atoms with van der Waals surface area (Å²) in [6, 6.07) is 5.73. The van der Waals surface area contributed by atoms with Gasteiger partial charge in [0.2, 0.25) is 0 Å². The average molecular weight is 309 g/mol. The number of hydrogen-bond donors (Lipinski definition) is 0. The molecule has 2 aliphatic rings. The molecule has 0 N–H and O–H groups in total. The fourth-order valence-electron chi connectivity index (χ4n) is 2.26. The Balaban J connectivity index is 1.74. The summed E-state index contributed by atoms with van der Waals surface area (Å²) in [6.07, 6.45) is 2.56. The molecule has 1 aromatic carbocycles. The second kappa shape index (κ2) is 5.18. The van der Waals surface area contributed by atoms with E-state index in [1.54, 1.807) is 0 Å². The predicted molar refractivity (Wildman–Crippen MR) is 85.4 cm³/mol. The molecule has 1 aromatic rings. The lowest BCUT2D eigenvalue weighted by Gasteiger charge is -2.32. The van der Waals surface area contributed by atoms with Gasteiger partial charge in [0.1, 0.15) is 5.75 Å². The third-order valence-corrected chi connectivity index (χ3v) is 4.99. The summed E-state index contributed by atoms with van der Waals surface area (Å²) < 4.78 is 17.8. The zero-order valence-electron chi connectivity index (χ0n) is 13.1. The molecule has 1 saturated carbocycles. The zero-order chi connectivity index (χ0) is 15.3. The van der Waals surface area contributed by atoms with Crippen molar-refractivity contribution < 1.29 is 14.0 Å². The first kappa shape index (κ1) is 15.2. The van der Waals surface area contributed by atoms with Crippen molar-refractivity contribution in [2.75, 3.05) is 6.61 Å². The van der Waals surface area contributed by atoms with Crippen LogP contribution in [0, 0.1) is 5.92 Å². The van der Waals surface area contributed by atoms with Crippen molar-refractivity contribution >= 4 is 24.2 Å². The van der Waals surface area contributed by atoms with Crippen molar-refractivity contribution in [3.05, 3.63) is 23.2 Å². The Hall–Kier alpha value is -0.705. The molecule has 0 amide bonds. The highest BCUT2D eigenvalue weighted by molar-refractivity contribution is 6.65. The molecule has 0 bridgehead atoms. The lowest BCUT2D eigenvalue weighted by molar-refractivity contribution is 0.00578. The van der Waals surface area contributed by atoms with Gasteiger partial charge < -0.3 is 14.0 Å². The van der Waals surface area contributed by atoms with Crippen LogP contribution in [-0.4, -0.2) is 24.9 Å². The lowest BCUT2D eigenvalue weighted by Crippen LogP contribution is -2.41. The highest BCUT2D eigenvalue weighted by atomic mass is 35.5. The maximum absolute atomic E-state index is 6.39. The molecule has 1 saturated heterocycles. The van der Waals surface area contributed by atoms with Crippen LogP contribution >= 0.6 is 11.6 Å². The number of ether oxygens (including phenoxy) is 1. The van der Waals surface area contributed by atoms with E-state index in [0.29, 0.717) is 5.02 Å². The first-order chi connectivity index (χ1) is 9.78. The monoisotopic (exact) mass is 308 g/mol. The van der Waals surface area contributed by atoms with E-state index in [2.05, 4.69) is 0 Å². The molecule has 0 aromatic heterocycles. The van der Waals surface area contributed by atoms with Crippen LogP contribution in [0.1, 0.15) is 40.5 Å². The van der Waals surface area contributed by atoms with E-state index in [0.717, 1.165) is 23.7 Å². The number of rotatable bonds is 4. The van der Waals surface area contributed by atoms with Gasteiger partial charge in [0.15, 0.2) is 0 Å². The highest BCUT2D eigenvalue weighted by Crippen LogP contribution is 2.37. The molecule has 21 heavy (non-hydrogen) atoms. The summed E-state index contributed by atoms with van der Waals surface area (Å²) in [7, 11) is -0.431. The molecule has 0 radical (unpaired) electrons. The fraction of sp³-hybridized carbons (Fsp3) is 0.625. The second-order valence-electron chi connectivity index (χ2n) is 7.03. The molecular formula is C16H22BClO3. The van der Waals surface area contributed by atoms with E-state index in [1.807, 2.05) is 45.9 Å². The predicted octanol–water partition coefficient (Wildman–Crippen LogP) is 3.43. The first-order valence-electron chi connectivity index (χ1n) is 7.56. The minimum atomic E-state index is -0.431. The molecule has 5 heteroatoms. The van der Waals surface area contributed by atoms with E-state index >= 15 is 0 Å². The fourth-order valence-corrected chi connectivity index (χ4v) is 2.52. The molecular weight excluding hydrogens is 286 g/mol. The van der Waals surface area contributed by atoms with Crippen molar-refractivity contribution in [2.45, 2.75) is 51.7 Å². The van der Waals surface area contributed by atoms with E-state index in [4.69, 9.17) is 25.6 Å². The second-order valence-corrected chi connectivity index (χ2v) is 7.43. The van der Waals surface area contributed by atoms with Crippen molar-refractivity contribution in [3.8, 4) is 5.75 Å². The van der Waals surface area contributed by atoms with E-state index in [1.165, 1.54) is 12.8 Å². The van der Waals surface area contributed by atoms with Gasteiger partial charge in [-0.2, -0.15) is 0 Å². The van der Waals surface area contributed by atoms with Gasteiger partial charge in [-0.15, -0.1) is 0 Å². The minimum absolute atomic E-state index is 0.359. The Labute approximate surface area is 132 Å². The first-order valence-corrected chi connectivity index (χ1v) is 7.94. The average Bonchev–Trinajstić information content (AvgIpc) is 3.15. The summed E-state index contributed by atoms with van der Waals surface area (Å²) in [5.41, 5.74) is 0.138. The van der Waals surface area contributed by atoms with Crippen LogP contribution < -0.4 is 10.2 Å². The summed E-state index contributed by atoms with van der Waals surface area (Å²) in [6.45, 7) is 8.93. The Bertz CT molecular complexity index is 524. The van der Waals surface area contributed by atoms with Gasteiger partial charge >= 0.3 is 7.12 Å². The van der Waals surface area contributed by atoms with Crippen molar-refractivity contribution in [1.82, 2.24) is 0 Å². The van der Waals surface area contributed by atoms with Crippen molar-refractivity contribution in [3.63, 3.8) is 0 Å². The molecule has 3 nitrogen and oxygen atoms in total. The van der Waals surface area contributed by atoms with Gasteiger partial charge in [0, 0.05) is 10.5 Å². The molecule has 3 rings (SSSR count). The maximum atomic E-state index is 6.39. The van der Waals surface area contributed by atoms with Crippen LogP contribution in [0.4, 0.5) is 0 Å². The number of benzene rings is 1. The normalized spacial score (nSPS) is 23.4. The summed E-state index contributed by atoms with van der Waals surface area (Å²) in [5.74, 6) is 1.54. The maximum Gasteiger partial charge on any atom is 0.496 e. The van der Waals surface area contributed by atoms with E-state index < -0.39 is 7.12 Å². The molecule has 1 aliphatic heterocycles. The van der Waals surface area contributed by atoms with Crippen LogP contribution in [0.3, 0.4) is 0 Å². The smallest absolute Gasteiger partial charge is 0.493 e. The standard InChI is InChI=1S/C16H22BClO3/c1-15(2)16(3,4)21-17(20-15)13-8-7-12(9-14(13)18)19-10-11-5-6-11/h7-9,11H,5-6,10H2,1-4H3. The van der Waals surface area contributed by atoms with Crippen LogP contribution in [0.25, 0.3) is 0 Å². The van der Waals surface area contributed by atoms with Gasteiger partial charge in [0.25, 0.3) is 0 Å². The lowest BCUT2D eigenvalue weighted by atomic mass is 9.79. The molecule has 1 aliphatic carbocycles. The van der Waals surface area contributed by atoms with E-state index in [9.17, 15) is 0 Å². The van der Waals surface area contributed by atoms with Gasteiger partial charge in [-0.05, 0) is 58.6 Å². The quantitative estimate of drug-likeness (QED) is 0.798. The number of hydrogen-bond acceptors (Lipinski definition) is 3. The summed E-state index contributed by atoms with van der Waals surface area (Å²) in [5, 5.41) is 0.627. The van der Waals surface area contributed by atoms with Crippen molar-refractivity contribution in [1.29, 1.82) is 0 Å². The highest BCUT2D eigenvalue weighted by Gasteiger charge is 2.52. The third-order valence-electron chi connectivity index (χ3n) is 4.66. The largest absolute Gasteiger partial charge is 0.496 e. The molecule has 0 unspecified atom stereocenters. The molecule has 114 valence electrons. The number of halogens is 1. The topological polar surface area (TPSA) is 27.7 Å². The van der Waals surface area contributed by atoms with Gasteiger partial charge in [-0.1, -0.05) is 17.7 Å². The zero-order valence-corrected chi connectivity index (χ0v) is 13.9. The van der Waals surface area contributed by atoms with Crippen LogP contribution in [0.5, 0.6) is 5.75 Å².